The molecule has 32 heavy (non-hydrogen) atoms. The number of hydrogen-bond acceptors (Lipinski definition) is 4. The number of imidazole rings is 1. The Morgan fingerprint density at radius 3 is 2.69 bits per heavy atom. The third-order valence-electron chi connectivity index (χ3n) is 5.68. The van der Waals surface area contributed by atoms with Gasteiger partial charge in [0.1, 0.15) is 11.6 Å². The molecular formula is C25H22N4O3. The molecule has 0 unspecified atom stereocenters. The molecule has 0 spiro atoms. The lowest BCUT2D eigenvalue weighted by atomic mass is 10.1. The van der Waals surface area contributed by atoms with Crippen molar-refractivity contribution in [2.75, 3.05) is 23.9 Å². The topological polar surface area (TPSA) is 87.3 Å². The first-order valence-corrected chi connectivity index (χ1v) is 10.4. The predicted molar refractivity (Wildman–Crippen MR) is 124 cm³/mol. The number of nitrogens with one attached hydrogen (secondary N) is 2. The molecular weight excluding hydrogens is 404 g/mol. The highest BCUT2D eigenvalue weighted by Crippen LogP contribution is 2.29. The molecule has 0 bridgehead atoms. The van der Waals surface area contributed by atoms with E-state index in [0.29, 0.717) is 18.0 Å². The van der Waals surface area contributed by atoms with Crippen LogP contribution in [0.5, 0.6) is 5.75 Å². The summed E-state index contributed by atoms with van der Waals surface area (Å²) >= 11 is 0. The molecule has 0 radical (unpaired) electrons. The van der Waals surface area contributed by atoms with Gasteiger partial charge in [-0.25, -0.2) is 4.98 Å². The second kappa shape index (κ2) is 8.19. The molecule has 1 aliphatic heterocycles. The largest absolute Gasteiger partial charge is 0.497 e. The van der Waals surface area contributed by atoms with Crippen LogP contribution >= 0.6 is 0 Å². The number of aromatic amines is 1. The molecule has 1 fully saturated rings. The summed E-state index contributed by atoms with van der Waals surface area (Å²) in [5.74, 6) is 0.801. The average molecular weight is 426 g/mol. The molecule has 2 amide bonds. The number of nitrogens with zero attached hydrogens (tertiary/aromatic N) is 2. The van der Waals surface area contributed by atoms with Gasteiger partial charge in [-0.2, -0.15) is 0 Å². The van der Waals surface area contributed by atoms with Crippen LogP contribution in [0.25, 0.3) is 22.4 Å². The Labute approximate surface area is 185 Å². The number of benzene rings is 3. The first-order chi connectivity index (χ1) is 15.6. The second-order valence-corrected chi connectivity index (χ2v) is 7.78. The minimum atomic E-state index is -0.413. The third kappa shape index (κ3) is 3.80. The number of rotatable bonds is 5. The monoisotopic (exact) mass is 426 g/mol. The summed E-state index contributed by atoms with van der Waals surface area (Å²) in [6.45, 7) is 0.342. The van der Waals surface area contributed by atoms with Gasteiger partial charge >= 0.3 is 0 Å². The summed E-state index contributed by atoms with van der Waals surface area (Å²) in [4.78, 5) is 34.8. The summed E-state index contributed by atoms with van der Waals surface area (Å²) in [5, 5.41) is 2.93. The van der Waals surface area contributed by atoms with E-state index >= 15 is 0 Å². The average Bonchev–Trinajstić information content (AvgIpc) is 3.43. The third-order valence-corrected chi connectivity index (χ3v) is 5.68. The van der Waals surface area contributed by atoms with Crippen molar-refractivity contribution in [2.24, 2.45) is 5.92 Å². The van der Waals surface area contributed by atoms with Gasteiger partial charge in [0, 0.05) is 36.0 Å². The summed E-state index contributed by atoms with van der Waals surface area (Å²) in [5.41, 5.74) is 4.24. The number of H-pyrrole nitrogens is 1. The lowest BCUT2D eigenvalue weighted by Crippen LogP contribution is -2.28. The fraction of sp³-hybridized carbons (Fsp3) is 0.160. The molecule has 1 atom stereocenters. The summed E-state index contributed by atoms with van der Waals surface area (Å²) in [6.07, 6.45) is 0.181. The Balaban J connectivity index is 1.26. The summed E-state index contributed by atoms with van der Waals surface area (Å²) < 4.78 is 5.24. The normalized spacial score (nSPS) is 15.8. The highest BCUT2D eigenvalue weighted by atomic mass is 16.5. The van der Waals surface area contributed by atoms with Crippen LogP contribution in [0.4, 0.5) is 11.4 Å². The zero-order valence-electron chi connectivity index (χ0n) is 17.5. The molecule has 7 heteroatoms. The quantitative estimate of drug-likeness (QED) is 0.500. The zero-order valence-corrected chi connectivity index (χ0v) is 17.5. The number of anilines is 2. The molecule has 2 N–H and O–H groups in total. The van der Waals surface area contributed by atoms with E-state index in [0.717, 1.165) is 28.1 Å². The fourth-order valence-corrected chi connectivity index (χ4v) is 3.96. The van der Waals surface area contributed by atoms with Gasteiger partial charge in [-0.05, 0) is 48.5 Å². The van der Waals surface area contributed by atoms with Crippen LogP contribution in [-0.2, 0) is 9.59 Å². The number of fused-ring (bicyclic) bond motifs is 1. The molecule has 1 aromatic heterocycles. The Bertz CT molecular complexity index is 1260. The zero-order chi connectivity index (χ0) is 22.1. The van der Waals surface area contributed by atoms with Crippen molar-refractivity contribution in [3.05, 3.63) is 72.8 Å². The van der Waals surface area contributed by atoms with Crippen LogP contribution in [0.3, 0.4) is 0 Å². The van der Waals surface area contributed by atoms with E-state index in [1.807, 2.05) is 66.7 Å². The van der Waals surface area contributed by atoms with Gasteiger partial charge in [0.05, 0.1) is 24.1 Å². The van der Waals surface area contributed by atoms with Gasteiger partial charge < -0.3 is 19.9 Å². The standard InChI is InChI=1S/C25H22N4O3/c1-32-20-6-4-5-19(14-20)29-15-17(13-23(29)30)25(31)26-18-11-9-16(10-12-18)24-27-21-7-2-3-8-22(21)28-24/h2-12,14,17H,13,15H2,1H3,(H,26,31)(H,27,28)/t17-/m0/s1. The molecule has 7 nitrogen and oxygen atoms in total. The highest BCUT2D eigenvalue weighted by molar-refractivity contribution is 6.03. The fourth-order valence-electron chi connectivity index (χ4n) is 3.96. The van der Waals surface area contributed by atoms with Crippen molar-refractivity contribution in [3.63, 3.8) is 0 Å². The molecule has 4 aromatic rings. The van der Waals surface area contributed by atoms with Gasteiger partial charge in [-0.3, -0.25) is 9.59 Å². The number of ether oxygens (including phenoxy) is 1. The maximum absolute atomic E-state index is 12.8. The predicted octanol–water partition coefficient (Wildman–Crippen LogP) is 4.23. The first kappa shape index (κ1) is 19.8. The molecule has 3 aromatic carbocycles. The number of hydrogen-bond donors (Lipinski definition) is 2. The van der Waals surface area contributed by atoms with Crippen LogP contribution in [0.15, 0.2) is 72.8 Å². The van der Waals surface area contributed by atoms with E-state index in [-0.39, 0.29) is 18.2 Å². The van der Waals surface area contributed by atoms with E-state index < -0.39 is 5.92 Å². The SMILES string of the molecule is COc1cccc(N2C[C@@H](C(=O)Nc3ccc(-c4nc5ccccc5[nH]4)cc3)CC2=O)c1. The smallest absolute Gasteiger partial charge is 0.229 e. The number of methoxy groups -OCH3 is 1. The number of para-hydroxylation sites is 2. The molecule has 2 heterocycles. The second-order valence-electron chi connectivity index (χ2n) is 7.78. The van der Waals surface area contributed by atoms with Crippen molar-refractivity contribution >= 4 is 34.2 Å². The maximum Gasteiger partial charge on any atom is 0.229 e. The molecule has 5 rings (SSSR count). The molecule has 160 valence electrons. The highest BCUT2D eigenvalue weighted by Gasteiger charge is 2.35. The molecule has 1 aliphatic rings. The number of carbonyl (C=O) groups excluding carboxylic acids is 2. The van der Waals surface area contributed by atoms with E-state index in [1.165, 1.54) is 0 Å². The van der Waals surface area contributed by atoms with Crippen LogP contribution in [0.1, 0.15) is 6.42 Å². The number of amides is 2. The Hall–Kier alpha value is -4.13. The van der Waals surface area contributed by atoms with Crippen LogP contribution in [0, 0.1) is 5.92 Å². The molecule has 0 saturated carbocycles. The lowest BCUT2D eigenvalue weighted by molar-refractivity contribution is -0.122. The molecule has 1 saturated heterocycles. The van der Waals surface area contributed by atoms with Crippen molar-refractivity contribution in [3.8, 4) is 17.1 Å². The van der Waals surface area contributed by atoms with Crippen LogP contribution in [-0.4, -0.2) is 35.4 Å². The van der Waals surface area contributed by atoms with Gasteiger partial charge in [0.25, 0.3) is 0 Å². The van der Waals surface area contributed by atoms with Crippen molar-refractivity contribution in [2.45, 2.75) is 6.42 Å². The van der Waals surface area contributed by atoms with Crippen molar-refractivity contribution in [1.82, 2.24) is 9.97 Å². The van der Waals surface area contributed by atoms with Crippen LogP contribution in [0.2, 0.25) is 0 Å². The maximum atomic E-state index is 12.8. The van der Waals surface area contributed by atoms with Gasteiger partial charge in [-0.15, -0.1) is 0 Å². The van der Waals surface area contributed by atoms with Gasteiger partial charge in [0.15, 0.2) is 0 Å². The van der Waals surface area contributed by atoms with E-state index in [1.54, 1.807) is 18.1 Å². The van der Waals surface area contributed by atoms with Crippen molar-refractivity contribution < 1.29 is 14.3 Å². The van der Waals surface area contributed by atoms with Crippen molar-refractivity contribution in [1.29, 1.82) is 0 Å². The van der Waals surface area contributed by atoms with E-state index in [2.05, 4.69) is 15.3 Å². The first-order valence-electron chi connectivity index (χ1n) is 10.4. The van der Waals surface area contributed by atoms with Crippen LogP contribution < -0.4 is 15.0 Å². The minimum absolute atomic E-state index is 0.0707. The lowest BCUT2D eigenvalue weighted by Gasteiger charge is -2.17. The number of carbonyl (C=O) groups is 2. The summed E-state index contributed by atoms with van der Waals surface area (Å²) in [7, 11) is 1.58. The number of aromatic nitrogens is 2. The van der Waals surface area contributed by atoms with E-state index in [4.69, 9.17) is 4.74 Å². The Morgan fingerprint density at radius 2 is 1.91 bits per heavy atom. The minimum Gasteiger partial charge on any atom is -0.497 e. The van der Waals surface area contributed by atoms with Gasteiger partial charge in [-0.1, -0.05) is 18.2 Å². The molecule has 0 aliphatic carbocycles. The Morgan fingerprint density at radius 1 is 1.09 bits per heavy atom. The Kier molecular flexibility index (Phi) is 5.07. The van der Waals surface area contributed by atoms with Gasteiger partial charge in [0.2, 0.25) is 11.8 Å². The van der Waals surface area contributed by atoms with E-state index in [9.17, 15) is 9.59 Å². The summed E-state index contributed by atoms with van der Waals surface area (Å²) in [6, 6.07) is 22.7.